The Hall–Kier alpha value is -4.58. The van der Waals surface area contributed by atoms with E-state index in [2.05, 4.69) is 5.32 Å². The number of hydrogen-bond acceptors (Lipinski definition) is 7. The van der Waals surface area contributed by atoms with Gasteiger partial charge in [-0.15, -0.1) is 21.1 Å². The van der Waals surface area contributed by atoms with Crippen LogP contribution in [0.5, 0.6) is 0 Å². The minimum Gasteiger partial charge on any atom is -0.448 e. The van der Waals surface area contributed by atoms with Gasteiger partial charge in [-0.25, -0.2) is 9.59 Å². The molecule has 0 unspecified atom stereocenters. The first-order valence-electron chi connectivity index (χ1n) is 14.9. The van der Waals surface area contributed by atoms with Gasteiger partial charge in [-0.2, -0.15) is 0 Å². The van der Waals surface area contributed by atoms with Gasteiger partial charge in [0.25, 0.3) is 5.91 Å². The number of ether oxygens (including phenoxy) is 2. The molecule has 0 radical (unpaired) electrons. The first-order chi connectivity index (χ1) is 21.6. The normalized spacial score (nSPS) is 19.4. The van der Waals surface area contributed by atoms with Crippen molar-refractivity contribution in [2.75, 3.05) is 17.2 Å². The lowest BCUT2D eigenvalue weighted by Crippen LogP contribution is -2.71. The van der Waals surface area contributed by atoms with Crippen molar-refractivity contribution in [3.63, 3.8) is 0 Å². The first-order valence-corrected chi connectivity index (χ1v) is 16.0. The standard InChI is InChI=1S/C33H35N5O6S/c1-33(2,3)44-32(42)34-26-29(40)38-27(31(41)43-28(22-11-6-4-7-12-22)23-13-8-5-9-14-23)24(20-45-30(26)38)19-36-18-15-25-35(21-39)16-10-17-37(25)36/h4-9,11-15,18,21,26,28,30H,10,16-17,19-20H2,1-3H3/p+1/t26-,30-/m1/s1. The van der Waals surface area contributed by atoms with Gasteiger partial charge in [0.1, 0.15) is 22.7 Å². The van der Waals surface area contributed by atoms with E-state index in [1.807, 2.05) is 82.3 Å². The molecular weight excluding hydrogens is 594 g/mol. The zero-order valence-corrected chi connectivity index (χ0v) is 26.2. The number of aromatic nitrogens is 2. The molecule has 0 saturated carbocycles. The second-order valence-electron chi connectivity index (χ2n) is 12.1. The third-order valence-corrected chi connectivity index (χ3v) is 9.20. The minimum absolute atomic E-state index is 0.175. The number of alkyl carbamates (subject to hydrolysis) is 1. The summed E-state index contributed by atoms with van der Waals surface area (Å²) < 4.78 is 15.6. The smallest absolute Gasteiger partial charge is 0.408 e. The Morgan fingerprint density at radius 1 is 1.04 bits per heavy atom. The van der Waals surface area contributed by atoms with E-state index < -0.39 is 41.1 Å². The summed E-state index contributed by atoms with van der Waals surface area (Å²) in [5.74, 6) is 0.167. The molecule has 1 N–H and O–H groups in total. The number of carbonyl (C=O) groups is 4. The van der Waals surface area contributed by atoms with Crippen molar-refractivity contribution in [2.24, 2.45) is 0 Å². The molecule has 1 fully saturated rings. The topological polar surface area (TPSA) is 114 Å². The van der Waals surface area contributed by atoms with Gasteiger partial charge in [-0.1, -0.05) is 60.7 Å². The highest BCUT2D eigenvalue weighted by Crippen LogP contribution is 2.42. The Bertz CT molecular complexity index is 1590. The van der Waals surface area contributed by atoms with E-state index in [0.717, 1.165) is 29.8 Å². The molecule has 0 aliphatic carbocycles. The molecule has 1 saturated heterocycles. The molecule has 1 aromatic heterocycles. The summed E-state index contributed by atoms with van der Waals surface area (Å²) in [5.41, 5.74) is 1.75. The van der Waals surface area contributed by atoms with Gasteiger partial charge in [-0.3, -0.25) is 19.4 Å². The number of hydrogen-bond donors (Lipinski definition) is 1. The summed E-state index contributed by atoms with van der Waals surface area (Å²) in [4.78, 5) is 55.2. The van der Waals surface area contributed by atoms with Crippen LogP contribution in [-0.2, 0) is 36.9 Å². The van der Waals surface area contributed by atoms with Crippen LogP contribution in [0.2, 0.25) is 0 Å². The fourth-order valence-electron chi connectivity index (χ4n) is 5.86. The molecule has 11 nitrogen and oxygen atoms in total. The molecule has 2 atom stereocenters. The fraction of sp³-hybridized carbons (Fsp3) is 0.364. The highest BCUT2D eigenvalue weighted by molar-refractivity contribution is 8.00. The average Bonchev–Trinajstić information content (AvgIpc) is 3.45. The van der Waals surface area contributed by atoms with Crippen molar-refractivity contribution in [2.45, 2.75) is 63.4 Å². The zero-order valence-electron chi connectivity index (χ0n) is 25.4. The van der Waals surface area contributed by atoms with E-state index in [0.29, 0.717) is 31.0 Å². The number of fused-ring (bicyclic) bond motifs is 2. The predicted octanol–water partition coefficient (Wildman–Crippen LogP) is 3.54. The molecule has 3 aromatic rings. The Morgan fingerprint density at radius 3 is 2.33 bits per heavy atom. The van der Waals surface area contributed by atoms with E-state index in [-0.39, 0.29) is 5.70 Å². The number of nitrogens with one attached hydrogen (secondary N) is 1. The quantitative estimate of drug-likeness (QED) is 0.175. The molecule has 234 valence electrons. The lowest BCUT2D eigenvalue weighted by atomic mass is 10.0. The van der Waals surface area contributed by atoms with Crippen LogP contribution in [0.1, 0.15) is 44.4 Å². The second kappa shape index (κ2) is 12.4. The van der Waals surface area contributed by atoms with E-state index in [9.17, 15) is 19.2 Å². The lowest BCUT2D eigenvalue weighted by Gasteiger charge is -2.49. The Labute approximate surface area is 265 Å². The summed E-state index contributed by atoms with van der Waals surface area (Å²) >= 11 is 1.47. The van der Waals surface area contributed by atoms with Gasteiger partial charge >= 0.3 is 12.1 Å². The number of anilines is 1. The SMILES string of the molecule is CC(C)(C)OC(=O)N[C@@H]1C(=O)N2C(C(=O)OC(c3ccccc3)c3ccccc3)=C(C[n+]3ccc4n3CCCN4C=O)CS[C@H]12. The predicted molar refractivity (Wildman–Crippen MR) is 167 cm³/mol. The molecular formula is C33H36N5O6S+. The lowest BCUT2D eigenvalue weighted by molar-refractivity contribution is -0.768. The van der Waals surface area contributed by atoms with Crippen LogP contribution in [-0.4, -0.2) is 63.3 Å². The summed E-state index contributed by atoms with van der Waals surface area (Å²) in [6.07, 6.45) is 2.10. The summed E-state index contributed by atoms with van der Waals surface area (Å²) in [7, 11) is 0. The maximum Gasteiger partial charge on any atom is 0.408 e. The third-order valence-electron chi connectivity index (χ3n) is 7.86. The Balaban J connectivity index is 1.34. The third kappa shape index (κ3) is 6.19. The van der Waals surface area contributed by atoms with Crippen molar-refractivity contribution in [3.8, 4) is 0 Å². The van der Waals surface area contributed by atoms with Crippen molar-refractivity contribution in [1.82, 2.24) is 14.9 Å². The second-order valence-corrected chi connectivity index (χ2v) is 13.2. The summed E-state index contributed by atoms with van der Waals surface area (Å²) in [5, 5.41) is 2.19. The van der Waals surface area contributed by atoms with Gasteiger partial charge in [0.05, 0.1) is 12.6 Å². The number of benzene rings is 2. The highest BCUT2D eigenvalue weighted by Gasteiger charge is 2.55. The number of esters is 1. The number of β-lactam (4-membered cyclic amide) rings is 1. The molecule has 3 aliphatic heterocycles. The number of rotatable bonds is 8. The van der Waals surface area contributed by atoms with Crippen molar-refractivity contribution in [3.05, 3.63) is 95.3 Å². The molecule has 3 amide bonds. The minimum atomic E-state index is -0.844. The van der Waals surface area contributed by atoms with Gasteiger partial charge in [0, 0.05) is 17.9 Å². The van der Waals surface area contributed by atoms with Crippen LogP contribution in [0.15, 0.2) is 84.2 Å². The molecule has 45 heavy (non-hydrogen) atoms. The van der Waals surface area contributed by atoms with Crippen LogP contribution >= 0.6 is 11.8 Å². The first kappa shape index (κ1) is 30.4. The molecule has 2 aromatic carbocycles. The van der Waals surface area contributed by atoms with Gasteiger partial charge in [0.15, 0.2) is 24.7 Å². The number of thioether (sulfide) groups is 1. The summed E-state index contributed by atoms with van der Waals surface area (Å²) in [6.45, 7) is 6.92. The average molecular weight is 631 g/mol. The van der Waals surface area contributed by atoms with Crippen molar-refractivity contribution in [1.29, 1.82) is 0 Å². The van der Waals surface area contributed by atoms with Gasteiger partial charge < -0.3 is 14.8 Å². The largest absolute Gasteiger partial charge is 0.448 e. The van der Waals surface area contributed by atoms with E-state index >= 15 is 0 Å². The molecule has 12 heteroatoms. The van der Waals surface area contributed by atoms with Crippen LogP contribution in [0.25, 0.3) is 0 Å². The van der Waals surface area contributed by atoms with Crippen LogP contribution in [0.3, 0.4) is 0 Å². The van der Waals surface area contributed by atoms with Crippen LogP contribution in [0, 0.1) is 0 Å². The van der Waals surface area contributed by atoms with Gasteiger partial charge in [-0.05, 0) is 38.3 Å². The number of nitrogens with zero attached hydrogens (tertiary/aromatic N) is 4. The molecule has 0 spiro atoms. The Kier molecular flexibility index (Phi) is 8.41. The van der Waals surface area contributed by atoms with E-state index in [1.165, 1.54) is 16.7 Å². The van der Waals surface area contributed by atoms with Crippen molar-refractivity contribution < 1.29 is 33.3 Å². The maximum absolute atomic E-state index is 14.3. The molecule has 0 bridgehead atoms. The fourth-order valence-corrected chi connectivity index (χ4v) is 7.19. The van der Waals surface area contributed by atoms with Crippen LogP contribution in [0.4, 0.5) is 10.6 Å². The molecule has 3 aliphatic rings. The van der Waals surface area contributed by atoms with Gasteiger partial charge in [0.2, 0.25) is 6.41 Å². The number of amides is 3. The molecule has 6 rings (SSSR count). The monoisotopic (exact) mass is 630 g/mol. The van der Waals surface area contributed by atoms with E-state index in [4.69, 9.17) is 9.47 Å². The highest BCUT2D eigenvalue weighted by atomic mass is 32.2. The summed E-state index contributed by atoms with van der Waals surface area (Å²) in [6, 6.07) is 20.0. The Morgan fingerprint density at radius 2 is 1.71 bits per heavy atom. The molecule has 4 heterocycles. The van der Waals surface area contributed by atoms with E-state index in [1.54, 1.807) is 25.7 Å². The van der Waals surface area contributed by atoms with Crippen LogP contribution < -0.4 is 14.9 Å². The maximum atomic E-state index is 14.3. The van der Waals surface area contributed by atoms with Crippen molar-refractivity contribution >= 4 is 42.0 Å². The number of carbonyl (C=O) groups excluding carboxylic acids is 4. The zero-order chi connectivity index (χ0) is 31.7.